The van der Waals surface area contributed by atoms with Crippen LogP contribution in [0, 0.1) is 6.92 Å². The number of hydrogen-bond donors (Lipinski definition) is 0. The van der Waals surface area contributed by atoms with Gasteiger partial charge in [0.05, 0.1) is 19.2 Å². The van der Waals surface area contributed by atoms with Crippen molar-refractivity contribution in [3.8, 4) is 0 Å². The normalized spacial score (nSPS) is 15.9. The van der Waals surface area contributed by atoms with E-state index in [1.165, 1.54) is 12.0 Å². The molecule has 0 radical (unpaired) electrons. The number of carbonyl (C=O) groups excluding carboxylic acids is 2. The molecule has 162 valence electrons. The van der Waals surface area contributed by atoms with Crippen molar-refractivity contribution in [2.75, 3.05) is 33.4 Å². The molecule has 1 aromatic carbocycles. The van der Waals surface area contributed by atoms with Crippen LogP contribution in [0.5, 0.6) is 0 Å². The first-order valence-corrected chi connectivity index (χ1v) is 11.1. The summed E-state index contributed by atoms with van der Waals surface area (Å²) in [5.74, 6) is -0.264. The van der Waals surface area contributed by atoms with Gasteiger partial charge >= 0.3 is 0 Å². The Morgan fingerprint density at radius 1 is 1.10 bits per heavy atom. The van der Waals surface area contributed by atoms with Crippen LogP contribution in [0.1, 0.15) is 28.2 Å². The summed E-state index contributed by atoms with van der Waals surface area (Å²) in [6.45, 7) is 4.21. The molecule has 0 N–H and O–H groups in total. The van der Waals surface area contributed by atoms with Crippen molar-refractivity contribution in [1.29, 1.82) is 0 Å². The quantitative estimate of drug-likeness (QED) is 0.581. The van der Waals surface area contributed by atoms with E-state index in [9.17, 15) is 9.59 Å². The Kier molecular flexibility index (Phi) is 8.42. The fourth-order valence-corrected chi connectivity index (χ4v) is 4.47. The number of aryl methyl sites for hydroxylation is 1. The van der Waals surface area contributed by atoms with E-state index in [-0.39, 0.29) is 31.1 Å². The van der Waals surface area contributed by atoms with Crippen molar-refractivity contribution in [3.63, 3.8) is 0 Å². The second kappa shape index (κ2) is 11.2. The average molecular weight is 431 g/mol. The van der Waals surface area contributed by atoms with Crippen molar-refractivity contribution in [2.45, 2.75) is 39.0 Å². The number of ether oxygens (including phenoxy) is 2. The summed E-state index contributed by atoms with van der Waals surface area (Å²) in [5, 5.41) is 0. The molecule has 1 atom stereocenters. The van der Waals surface area contributed by atoms with Crippen LogP contribution >= 0.6 is 11.3 Å². The van der Waals surface area contributed by atoms with Gasteiger partial charge in [-0.05, 0) is 37.5 Å². The maximum absolute atomic E-state index is 13.3. The lowest BCUT2D eigenvalue weighted by Crippen LogP contribution is -2.46. The third-order valence-corrected chi connectivity index (χ3v) is 6.09. The average Bonchev–Trinajstić information content (AvgIpc) is 3.39. The predicted molar refractivity (Wildman–Crippen MR) is 117 cm³/mol. The Balaban J connectivity index is 1.73. The van der Waals surface area contributed by atoms with Crippen LogP contribution in [0.4, 0.5) is 0 Å². The highest BCUT2D eigenvalue weighted by Crippen LogP contribution is 2.19. The summed E-state index contributed by atoms with van der Waals surface area (Å²) < 4.78 is 10.7. The minimum atomic E-state index is -0.187. The van der Waals surface area contributed by atoms with Crippen LogP contribution in [0.3, 0.4) is 0 Å². The third-order valence-electron chi connectivity index (χ3n) is 5.11. The van der Waals surface area contributed by atoms with Crippen LogP contribution in [-0.4, -0.2) is 61.1 Å². The van der Waals surface area contributed by atoms with Gasteiger partial charge in [-0.3, -0.25) is 9.59 Å². The lowest BCUT2D eigenvalue weighted by Gasteiger charge is -2.29. The lowest BCUT2D eigenvalue weighted by molar-refractivity contribution is -0.144. The molecule has 1 aromatic heterocycles. The minimum absolute atomic E-state index is 0.0128. The number of nitrogens with zero attached hydrogens (tertiary/aromatic N) is 2. The summed E-state index contributed by atoms with van der Waals surface area (Å²) >= 11 is 1.69. The van der Waals surface area contributed by atoms with Gasteiger partial charge in [-0.25, -0.2) is 0 Å². The second-order valence-electron chi connectivity index (χ2n) is 7.59. The lowest BCUT2D eigenvalue weighted by atomic mass is 10.2. The maximum Gasteiger partial charge on any atom is 0.249 e. The summed E-state index contributed by atoms with van der Waals surface area (Å²) in [5.41, 5.74) is 1.06. The van der Waals surface area contributed by atoms with Gasteiger partial charge < -0.3 is 19.3 Å². The number of hydrogen-bond acceptors (Lipinski definition) is 5. The molecule has 0 aliphatic carbocycles. The first kappa shape index (κ1) is 22.5. The predicted octanol–water partition coefficient (Wildman–Crippen LogP) is 3.24. The Morgan fingerprint density at radius 3 is 2.53 bits per heavy atom. The molecule has 3 rings (SSSR count). The first-order chi connectivity index (χ1) is 14.5. The molecular weight excluding hydrogens is 400 g/mol. The van der Waals surface area contributed by atoms with Crippen LogP contribution < -0.4 is 0 Å². The fourth-order valence-electron chi connectivity index (χ4n) is 3.56. The Morgan fingerprint density at radius 2 is 1.90 bits per heavy atom. The number of thiophene rings is 1. The van der Waals surface area contributed by atoms with E-state index in [0.717, 1.165) is 23.3 Å². The molecule has 2 heterocycles. The van der Waals surface area contributed by atoms with Crippen molar-refractivity contribution >= 4 is 23.2 Å². The van der Waals surface area contributed by atoms with Crippen LogP contribution in [0.25, 0.3) is 0 Å². The molecule has 1 unspecified atom stereocenters. The molecule has 1 aliphatic rings. The monoisotopic (exact) mass is 430 g/mol. The van der Waals surface area contributed by atoms with Crippen LogP contribution in [0.2, 0.25) is 0 Å². The van der Waals surface area contributed by atoms with E-state index in [2.05, 4.69) is 19.1 Å². The van der Waals surface area contributed by atoms with Crippen LogP contribution in [-0.2, 0) is 32.2 Å². The van der Waals surface area contributed by atoms with Gasteiger partial charge in [-0.1, -0.05) is 30.3 Å². The van der Waals surface area contributed by atoms with Gasteiger partial charge in [0.25, 0.3) is 0 Å². The molecule has 2 aromatic rings. The fraction of sp³-hybridized carbons (Fsp3) is 0.478. The summed E-state index contributed by atoms with van der Waals surface area (Å²) in [6, 6.07) is 14.1. The Bertz CT molecular complexity index is 818. The Labute approximate surface area is 182 Å². The van der Waals surface area contributed by atoms with E-state index in [0.29, 0.717) is 26.2 Å². The molecule has 0 saturated carbocycles. The molecule has 0 bridgehead atoms. The van der Waals surface area contributed by atoms with Gasteiger partial charge in [0.1, 0.15) is 6.61 Å². The second-order valence-corrected chi connectivity index (χ2v) is 8.96. The summed E-state index contributed by atoms with van der Waals surface area (Å²) in [4.78, 5) is 31.6. The van der Waals surface area contributed by atoms with Gasteiger partial charge in [0.15, 0.2) is 0 Å². The van der Waals surface area contributed by atoms with Crippen molar-refractivity contribution in [2.24, 2.45) is 0 Å². The molecule has 6 nitrogen and oxygen atoms in total. The molecule has 1 saturated heterocycles. The van der Waals surface area contributed by atoms with E-state index >= 15 is 0 Å². The van der Waals surface area contributed by atoms with Crippen LogP contribution in [0.15, 0.2) is 42.5 Å². The molecule has 7 heteroatoms. The zero-order chi connectivity index (χ0) is 21.3. The van der Waals surface area contributed by atoms with Gasteiger partial charge in [0.2, 0.25) is 11.8 Å². The highest BCUT2D eigenvalue weighted by atomic mass is 32.1. The molecular formula is C23H30N2O4S. The van der Waals surface area contributed by atoms with Crippen molar-refractivity contribution < 1.29 is 19.1 Å². The van der Waals surface area contributed by atoms with Crippen molar-refractivity contribution in [1.82, 2.24) is 9.80 Å². The van der Waals surface area contributed by atoms with E-state index in [1.54, 1.807) is 16.2 Å². The maximum atomic E-state index is 13.3. The summed E-state index contributed by atoms with van der Waals surface area (Å²) in [6.07, 6.45) is 1.89. The molecule has 0 spiro atoms. The third kappa shape index (κ3) is 6.65. The largest absolute Gasteiger partial charge is 0.376 e. The van der Waals surface area contributed by atoms with Gasteiger partial charge in [-0.2, -0.15) is 0 Å². The minimum Gasteiger partial charge on any atom is -0.376 e. The first-order valence-electron chi connectivity index (χ1n) is 10.3. The van der Waals surface area contributed by atoms with E-state index in [1.807, 2.05) is 35.2 Å². The number of benzene rings is 1. The molecule has 2 amide bonds. The zero-order valence-corrected chi connectivity index (χ0v) is 18.5. The Hall–Kier alpha value is -2.22. The highest BCUT2D eigenvalue weighted by molar-refractivity contribution is 7.11. The highest BCUT2D eigenvalue weighted by Gasteiger charge is 2.26. The number of carbonyl (C=O) groups is 2. The van der Waals surface area contributed by atoms with Gasteiger partial charge in [0, 0.05) is 36.6 Å². The topological polar surface area (TPSA) is 59.1 Å². The number of rotatable bonds is 10. The van der Waals surface area contributed by atoms with E-state index < -0.39 is 0 Å². The SMILES string of the molecule is COCC(=O)N(CC(=O)N(Cc1ccccc1)Cc1ccc(C)s1)CC1CCCO1. The molecule has 1 fully saturated rings. The number of methoxy groups -OCH3 is 1. The standard InChI is InChI=1S/C23H30N2O4S/c1-18-10-11-21(30-18)15-24(13-19-7-4-3-5-8-19)22(26)16-25(23(27)17-28-2)14-20-9-6-12-29-20/h3-5,7-8,10-11,20H,6,9,12-17H2,1-2H3. The smallest absolute Gasteiger partial charge is 0.249 e. The zero-order valence-electron chi connectivity index (χ0n) is 17.7. The number of amides is 2. The molecule has 30 heavy (non-hydrogen) atoms. The summed E-state index contributed by atoms with van der Waals surface area (Å²) in [7, 11) is 1.49. The van der Waals surface area contributed by atoms with E-state index in [4.69, 9.17) is 9.47 Å². The van der Waals surface area contributed by atoms with Crippen molar-refractivity contribution in [3.05, 3.63) is 57.8 Å². The van der Waals surface area contributed by atoms with Gasteiger partial charge in [-0.15, -0.1) is 11.3 Å². The molecule has 1 aliphatic heterocycles.